The molecule has 0 radical (unpaired) electrons. The molecule has 2 unspecified atom stereocenters. The van der Waals surface area contributed by atoms with Crippen LogP contribution >= 0.6 is 0 Å². The Morgan fingerprint density at radius 1 is 1.20 bits per heavy atom. The van der Waals surface area contributed by atoms with Crippen LogP contribution in [0, 0.1) is 5.92 Å². The first kappa shape index (κ1) is 18.3. The van der Waals surface area contributed by atoms with Crippen molar-refractivity contribution >= 4 is 17.9 Å². The van der Waals surface area contributed by atoms with Crippen LogP contribution in [0.1, 0.15) is 12.5 Å². The minimum absolute atomic E-state index is 0.341. The summed E-state index contributed by atoms with van der Waals surface area (Å²) in [6, 6.07) is 15.9. The van der Waals surface area contributed by atoms with Gasteiger partial charge in [-0.25, -0.2) is 4.79 Å². The SMILES string of the molecule is COc1ccc(NC(C(=O)O)C(C)C=NOCc2ccccc2)cc1. The first-order valence-electron chi connectivity index (χ1n) is 7.93. The second-order valence-electron chi connectivity index (χ2n) is 5.56. The fraction of sp³-hybridized carbons (Fsp3) is 0.263. The number of carboxylic acids is 1. The highest BCUT2D eigenvalue weighted by Crippen LogP contribution is 2.17. The topological polar surface area (TPSA) is 80.2 Å². The van der Waals surface area contributed by atoms with Crippen LogP contribution in [-0.4, -0.2) is 30.4 Å². The normalized spacial score (nSPS) is 13.2. The molecule has 6 nitrogen and oxygen atoms in total. The van der Waals surface area contributed by atoms with E-state index in [1.807, 2.05) is 30.3 Å². The quantitative estimate of drug-likeness (QED) is 0.539. The third-order valence-corrected chi connectivity index (χ3v) is 3.65. The van der Waals surface area contributed by atoms with Gasteiger partial charge in [0, 0.05) is 17.8 Å². The maximum absolute atomic E-state index is 11.5. The van der Waals surface area contributed by atoms with Gasteiger partial charge in [0.05, 0.1) is 7.11 Å². The number of oxime groups is 1. The van der Waals surface area contributed by atoms with E-state index in [0.29, 0.717) is 18.0 Å². The summed E-state index contributed by atoms with van der Waals surface area (Å²) in [5, 5.41) is 16.3. The number of benzene rings is 2. The molecule has 2 N–H and O–H groups in total. The maximum atomic E-state index is 11.5. The maximum Gasteiger partial charge on any atom is 0.326 e. The molecule has 2 atom stereocenters. The highest BCUT2D eigenvalue weighted by atomic mass is 16.6. The van der Waals surface area contributed by atoms with E-state index < -0.39 is 12.0 Å². The van der Waals surface area contributed by atoms with Gasteiger partial charge < -0.3 is 20.0 Å². The van der Waals surface area contributed by atoms with Gasteiger partial charge in [0.1, 0.15) is 18.4 Å². The Kier molecular flexibility index (Phi) is 6.83. The largest absolute Gasteiger partial charge is 0.497 e. The fourth-order valence-corrected chi connectivity index (χ4v) is 2.20. The van der Waals surface area contributed by atoms with Crippen LogP contribution in [-0.2, 0) is 16.2 Å². The van der Waals surface area contributed by atoms with Crippen molar-refractivity contribution in [1.82, 2.24) is 0 Å². The molecule has 0 saturated heterocycles. The van der Waals surface area contributed by atoms with Gasteiger partial charge in [-0.1, -0.05) is 42.4 Å². The molecule has 0 amide bonds. The van der Waals surface area contributed by atoms with Crippen molar-refractivity contribution in [3.8, 4) is 5.75 Å². The van der Waals surface area contributed by atoms with E-state index in [1.165, 1.54) is 6.21 Å². The van der Waals surface area contributed by atoms with Gasteiger partial charge in [0.15, 0.2) is 0 Å². The van der Waals surface area contributed by atoms with Crippen LogP contribution < -0.4 is 10.1 Å². The van der Waals surface area contributed by atoms with Gasteiger partial charge in [0.2, 0.25) is 0 Å². The van der Waals surface area contributed by atoms with E-state index in [2.05, 4.69) is 10.5 Å². The van der Waals surface area contributed by atoms with Gasteiger partial charge in [-0.2, -0.15) is 0 Å². The van der Waals surface area contributed by atoms with E-state index in [-0.39, 0.29) is 5.92 Å². The number of ether oxygens (including phenoxy) is 1. The summed E-state index contributed by atoms with van der Waals surface area (Å²) in [4.78, 5) is 16.8. The van der Waals surface area contributed by atoms with E-state index in [4.69, 9.17) is 9.57 Å². The van der Waals surface area contributed by atoms with Gasteiger partial charge in [-0.05, 0) is 29.8 Å². The van der Waals surface area contributed by atoms with Crippen molar-refractivity contribution in [2.45, 2.75) is 19.6 Å². The first-order valence-corrected chi connectivity index (χ1v) is 7.93. The molecule has 25 heavy (non-hydrogen) atoms. The molecule has 0 saturated carbocycles. The van der Waals surface area contributed by atoms with Crippen molar-refractivity contribution in [2.24, 2.45) is 11.1 Å². The molecule has 132 valence electrons. The number of aliphatic carboxylic acids is 1. The average molecular weight is 342 g/mol. The average Bonchev–Trinajstić information content (AvgIpc) is 2.64. The van der Waals surface area contributed by atoms with E-state index in [0.717, 1.165) is 5.56 Å². The lowest BCUT2D eigenvalue weighted by Crippen LogP contribution is -2.36. The highest BCUT2D eigenvalue weighted by Gasteiger charge is 2.23. The predicted octanol–water partition coefficient (Wildman–Crippen LogP) is 3.40. The van der Waals surface area contributed by atoms with E-state index >= 15 is 0 Å². The third kappa shape index (κ3) is 5.84. The smallest absolute Gasteiger partial charge is 0.326 e. The summed E-state index contributed by atoms with van der Waals surface area (Å²) in [6.07, 6.45) is 1.50. The van der Waals surface area contributed by atoms with Crippen molar-refractivity contribution in [2.75, 3.05) is 12.4 Å². The van der Waals surface area contributed by atoms with Crippen molar-refractivity contribution < 1.29 is 19.5 Å². The highest BCUT2D eigenvalue weighted by molar-refractivity contribution is 5.82. The Labute approximate surface area is 147 Å². The molecule has 0 heterocycles. The fourth-order valence-electron chi connectivity index (χ4n) is 2.20. The zero-order chi connectivity index (χ0) is 18.1. The number of rotatable bonds is 9. The number of hydrogen-bond donors (Lipinski definition) is 2. The van der Waals surface area contributed by atoms with Gasteiger partial charge in [-0.3, -0.25) is 0 Å². The van der Waals surface area contributed by atoms with Crippen LogP contribution in [0.15, 0.2) is 59.8 Å². The minimum Gasteiger partial charge on any atom is -0.497 e. The van der Waals surface area contributed by atoms with Crippen LogP contribution in [0.2, 0.25) is 0 Å². The number of hydrogen-bond acceptors (Lipinski definition) is 5. The molecule has 6 heteroatoms. The molecule has 2 aromatic carbocycles. The molecule has 0 aromatic heterocycles. The third-order valence-electron chi connectivity index (χ3n) is 3.65. The first-order chi connectivity index (χ1) is 12.1. The molecule has 0 spiro atoms. The monoisotopic (exact) mass is 342 g/mol. The lowest BCUT2D eigenvalue weighted by molar-refractivity contribution is -0.138. The number of carboxylic acid groups (broad SMARTS) is 1. The van der Waals surface area contributed by atoms with Crippen molar-refractivity contribution in [3.63, 3.8) is 0 Å². The molecule has 0 aliphatic carbocycles. The molecular formula is C19H22N2O4. The number of methoxy groups -OCH3 is 1. The van der Waals surface area contributed by atoms with Crippen LogP contribution in [0.5, 0.6) is 5.75 Å². The molecule has 0 fully saturated rings. The van der Waals surface area contributed by atoms with Gasteiger partial charge in [0.25, 0.3) is 0 Å². The summed E-state index contributed by atoms with van der Waals surface area (Å²) in [7, 11) is 1.58. The molecule has 2 rings (SSSR count). The Bertz CT molecular complexity index is 686. The van der Waals surface area contributed by atoms with Crippen LogP contribution in [0.4, 0.5) is 5.69 Å². The summed E-state index contributed by atoms with van der Waals surface area (Å²) in [5.74, 6) is -0.616. The van der Waals surface area contributed by atoms with Crippen LogP contribution in [0.25, 0.3) is 0 Å². The second-order valence-corrected chi connectivity index (χ2v) is 5.56. The Morgan fingerprint density at radius 2 is 1.88 bits per heavy atom. The lowest BCUT2D eigenvalue weighted by atomic mass is 10.0. The van der Waals surface area contributed by atoms with Crippen molar-refractivity contribution in [1.29, 1.82) is 0 Å². The summed E-state index contributed by atoms with van der Waals surface area (Å²) in [5.41, 5.74) is 1.69. The Hall–Kier alpha value is -3.02. The van der Waals surface area contributed by atoms with Gasteiger partial charge >= 0.3 is 5.97 Å². The zero-order valence-electron chi connectivity index (χ0n) is 14.3. The Balaban J connectivity index is 1.91. The second kappa shape index (κ2) is 9.32. The molecule has 2 aromatic rings. The number of carbonyl (C=O) groups is 1. The molecule has 0 bridgehead atoms. The Morgan fingerprint density at radius 3 is 2.48 bits per heavy atom. The minimum atomic E-state index is -0.960. The van der Waals surface area contributed by atoms with E-state index in [9.17, 15) is 9.90 Å². The van der Waals surface area contributed by atoms with Crippen molar-refractivity contribution in [3.05, 3.63) is 60.2 Å². The lowest BCUT2D eigenvalue weighted by Gasteiger charge is -2.19. The number of nitrogens with zero attached hydrogens (tertiary/aromatic N) is 1. The number of anilines is 1. The predicted molar refractivity (Wildman–Crippen MR) is 96.9 cm³/mol. The van der Waals surface area contributed by atoms with Gasteiger partial charge in [-0.15, -0.1) is 0 Å². The summed E-state index contributed by atoms with van der Waals surface area (Å²) >= 11 is 0. The van der Waals surface area contributed by atoms with E-state index in [1.54, 1.807) is 38.3 Å². The zero-order valence-corrected chi connectivity index (χ0v) is 14.3. The van der Waals surface area contributed by atoms with Crippen LogP contribution in [0.3, 0.4) is 0 Å². The number of nitrogens with one attached hydrogen (secondary N) is 1. The molecular weight excluding hydrogens is 320 g/mol. The summed E-state index contributed by atoms with van der Waals surface area (Å²) < 4.78 is 5.09. The summed E-state index contributed by atoms with van der Waals surface area (Å²) in [6.45, 7) is 2.11. The molecule has 0 aliphatic rings. The molecule has 0 aliphatic heterocycles. The standard InChI is InChI=1S/C19H22N2O4/c1-14(12-20-25-13-15-6-4-3-5-7-15)18(19(22)23)21-16-8-10-17(24-2)11-9-16/h3-12,14,18,21H,13H2,1-2H3,(H,22,23).